The van der Waals surface area contributed by atoms with Crippen LogP contribution in [-0.2, 0) is 11.2 Å². The molecule has 0 saturated carbocycles. The van der Waals surface area contributed by atoms with E-state index in [1.54, 1.807) is 24.9 Å². The average molecular weight is 367 g/mol. The number of fused-ring (bicyclic) bond motifs is 3. The molecule has 132 valence electrons. The van der Waals surface area contributed by atoms with Crippen LogP contribution < -0.4 is 14.8 Å². The Labute approximate surface area is 155 Å². The van der Waals surface area contributed by atoms with E-state index in [-0.39, 0.29) is 5.91 Å². The van der Waals surface area contributed by atoms with E-state index in [9.17, 15) is 4.79 Å². The number of methoxy groups -OCH3 is 2. The second kappa shape index (κ2) is 6.42. The van der Waals surface area contributed by atoms with Crippen LogP contribution in [0.4, 0.5) is 5.82 Å². The number of benzene rings is 2. The van der Waals surface area contributed by atoms with Crippen LogP contribution in [0.15, 0.2) is 42.5 Å². The van der Waals surface area contributed by atoms with Gasteiger partial charge in [-0.05, 0) is 23.8 Å². The Balaban J connectivity index is 1.88. The van der Waals surface area contributed by atoms with Gasteiger partial charge in [0.05, 0.1) is 19.7 Å². The molecule has 3 aromatic rings. The smallest absolute Gasteiger partial charge is 0.249 e. The number of carbonyl (C=O) groups is 1. The lowest BCUT2D eigenvalue weighted by molar-refractivity contribution is -0.118. The minimum absolute atomic E-state index is 0.0935. The number of hydrogen-bond acceptors (Lipinski definition) is 5. The molecule has 1 amide bonds. The Bertz CT molecular complexity index is 1060. The molecule has 6 nitrogen and oxygen atoms in total. The summed E-state index contributed by atoms with van der Waals surface area (Å²) in [5.74, 6) is 1.69. The van der Waals surface area contributed by atoms with Crippen LogP contribution in [0, 0.1) is 4.77 Å². The van der Waals surface area contributed by atoms with Crippen LogP contribution in [0.3, 0.4) is 0 Å². The van der Waals surface area contributed by atoms with E-state index in [0.717, 1.165) is 10.9 Å². The molecule has 4 rings (SSSR count). The zero-order chi connectivity index (χ0) is 18.3. The molecule has 1 aromatic heterocycles. The monoisotopic (exact) mass is 367 g/mol. The molecule has 7 heteroatoms. The SMILES string of the molecule is COc1cc2nc(=S)n3c(c2cc1OC)NC(=O)[C@H]3Cc1ccccc1. The minimum Gasteiger partial charge on any atom is -0.493 e. The fourth-order valence-corrected chi connectivity index (χ4v) is 3.60. The maximum Gasteiger partial charge on any atom is 0.249 e. The molecule has 0 bridgehead atoms. The van der Waals surface area contributed by atoms with Crippen LogP contribution in [-0.4, -0.2) is 29.7 Å². The molecule has 1 atom stereocenters. The van der Waals surface area contributed by atoms with Crippen molar-refractivity contribution >= 4 is 34.8 Å². The fraction of sp³-hybridized carbons (Fsp3) is 0.211. The first-order chi connectivity index (χ1) is 12.6. The van der Waals surface area contributed by atoms with E-state index in [0.29, 0.717) is 34.0 Å². The summed E-state index contributed by atoms with van der Waals surface area (Å²) in [6, 6.07) is 13.0. The number of anilines is 1. The van der Waals surface area contributed by atoms with Gasteiger partial charge >= 0.3 is 0 Å². The van der Waals surface area contributed by atoms with Gasteiger partial charge in [-0.1, -0.05) is 30.3 Å². The van der Waals surface area contributed by atoms with Gasteiger partial charge in [0.15, 0.2) is 11.5 Å². The molecule has 1 N–H and O–H groups in total. The van der Waals surface area contributed by atoms with Gasteiger partial charge in [0.1, 0.15) is 11.9 Å². The van der Waals surface area contributed by atoms with Gasteiger partial charge in [-0.15, -0.1) is 0 Å². The van der Waals surface area contributed by atoms with E-state index >= 15 is 0 Å². The summed E-state index contributed by atoms with van der Waals surface area (Å²) in [4.78, 5) is 17.2. The molecule has 26 heavy (non-hydrogen) atoms. The molecular weight excluding hydrogens is 350 g/mol. The number of nitrogens with zero attached hydrogens (tertiary/aromatic N) is 2. The highest BCUT2D eigenvalue weighted by Gasteiger charge is 2.32. The van der Waals surface area contributed by atoms with Crippen molar-refractivity contribution < 1.29 is 14.3 Å². The molecule has 0 spiro atoms. The quantitative estimate of drug-likeness (QED) is 0.715. The van der Waals surface area contributed by atoms with Crippen molar-refractivity contribution in [2.75, 3.05) is 19.5 Å². The van der Waals surface area contributed by atoms with Crippen molar-refractivity contribution in [1.29, 1.82) is 0 Å². The fourth-order valence-electron chi connectivity index (χ4n) is 3.29. The van der Waals surface area contributed by atoms with Gasteiger partial charge < -0.3 is 14.8 Å². The zero-order valence-electron chi connectivity index (χ0n) is 14.4. The van der Waals surface area contributed by atoms with E-state index in [4.69, 9.17) is 21.7 Å². The van der Waals surface area contributed by atoms with Gasteiger partial charge in [-0.3, -0.25) is 9.36 Å². The molecule has 0 saturated heterocycles. The first kappa shape index (κ1) is 16.5. The zero-order valence-corrected chi connectivity index (χ0v) is 15.2. The van der Waals surface area contributed by atoms with E-state index in [1.165, 1.54) is 0 Å². The van der Waals surface area contributed by atoms with E-state index < -0.39 is 6.04 Å². The molecule has 2 heterocycles. The Morgan fingerprint density at radius 1 is 1.15 bits per heavy atom. The van der Waals surface area contributed by atoms with Crippen molar-refractivity contribution in [1.82, 2.24) is 9.55 Å². The minimum atomic E-state index is -0.426. The lowest BCUT2D eigenvalue weighted by Crippen LogP contribution is -2.18. The number of nitrogens with one attached hydrogen (secondary N) is 1. The second-order valence-electron chi connectivity index (χ2n) is 6.03. The number of hydrogen-bond donors (Lipinski definition) is 1. The lowest BCUT2D eigenvalue weighted by atomic mass is 10.1. The maximum atomic E-state index is 12.6. The Morgan fingerprint density at radius 2 is 1.85 bits per heavy atom. The number of ether oxygens (including phenoxy) is 2. The summed E-state index contributed by atoms with van der Waals surface area (Å²) in [5, 5.41) is 3.73. The topological polar surface area (TPSA) is 65.4 Å². The standard InChI is InChI=1S/C19H17N3O3S/c1-24-15-9-12-13(10-16(15)25-2)20-19(26)22-14(18(23)21-17(12)22)8-11-6-4-3-5-7-11/h3-7,9-10,14H,8H2,1-2H3,(H,21,23)/t14-/m1/s1. The highest BCUT2D eigenvalue weighted by atomic mass is 32.1. The van der Waals surface area contributed by atoms with Crippen LogP contribution in [0.2, 0.25) is 0 Å². The summed E-state index contributed by atoms with van der Waals surface area (Å²) >= 11 is 5.48. The number of aromatic nitrogens is 2. The molecule has 0 radical (unpaired) electrons. The Morgan fingerprint density at radius 3 is 2.54 bits per heavy atom. The molecule has 0 unspecified atom stereocenters. The summed E-state index contributed by atoms with van der Waals surface area (Å²) in [6.45, 7) is 0. The highest BCUT2D eigenvalue weighted by molar-refractivity contribution is 7.71. The average Bonchev–Trinajstić information content (AvgIpc) is 2.98. The summed E-state index contributed by atoms with van der Waals surface area (Å²) in [5.41, 5.74) is 1.72. The molecule has 2 aromatic carbocycles. The van der Waals surface area contributed by atoms with Crippen molar-refractivity contribution in [3.8, 4) is 11.5 Å². The predicted molar refractivity (Wildman–Crippen MR) is 101 cm³/mol. The largest absolute Gasteiger partial charge is 0.493 e. The molecular formula is C19H17N3O3S. The predicted octanol–water partition coefficient (Wildman–Crippen LogP) is 3.52. The van der Waals surface area contributed by atoms with E-state index in [2.05, 4.69) is 10.3 Å². The van der Waals surface area contributed by atoms with Gasteiger partial charge in [0.2, 0.25) is 10.7 Å². The van der Waals surface area contributed by atoms with Crippen molar-refractivity contribution in [2.45, 2.75) is 12.5 Å². The first-order valence-corrected chi connectivity index (χ1v) is 8.56. The highest BCUT2D eigenvalue weighted by Crippen LogP contribution is 2.38. The molecule has 1 aliphatic heterocycles. The van der Waals surface area contributed by atoms with Gasteiger partial charge in [-0.25, -0.2) is 4.98 Å². The van der Waals surface area contributed by atoms with Crippen LogP contribution in [0.1, 0.15) is 11.6 Å². The normalized spacial score (nSPS) is 15.6. The summed E-state index contributed by atoms with van der Waals surface area (Å²) in [7, 11) is 3.14. The van der Waals surface area contributed by atoms with Gasteiger partial charge in [-0.2, -0.15) is 0 Å². The third-order valence-corrected chi connectivity index (χ3v) is 4.84. The molecule has 0 fully saturated rings. The maximum absolute atomic E-state index is 12.6. The second-order valence-corrected chi connectivity index (χ2v) is 6.40. The summed E-state index contributed by atoms with van der Waals surface area (Å²) in [6.07, 6.45) is 0.550. The van der Waals surface area contributed by atoms with Crippen molar-refractivity contribution in [3.63, 3.8) is 0 Å². The third kappa shape index (κ3) is 2.61. The van der Waals surface area contributed by atoms with Gasteiger partial charge in [0, 0.05) is 17.9 Å². The molecule has 1 aliphatic rings. The number of amides is 1. The first-order valence-electron chi connectivity index (χ1n) is 8.15. The number of rotatable bonds is 4. The molecule has 0 aliphatic carbocycles. The van der Waals surface area contributed by atoms with Crippen LogP contribution >= 0.6 is 12.2 Å². The van der Waals surface area contributed by atoms with E-state index in [1.807, 2.05) is 36.4 Å². The van der Waals surface area contributed by atoms with Crippen LogP contribution in [0.25, 0.3) is 10.9 Å². The Hall–Kier alpha value is -2.93. The van der Waals surface area contributed by atoms with Crippen LogP contribution in [0.5, 0.6) is 11.5 Å². The van der Waals surface area contributed by atoms with Crippen molar-refractivity contribution in [3.05, 3.63) is 52.8 Å². The van der Waals surface area contributed by atoms with Crippen molar-refractivity contribution in [2.24, 2.45) is 0 Å². The summed E-state index contributed by atoms with van der Waals surface area (Å²) < 4.78 is 12.9. The Kier molecular flexibility index (Phi) is 4.08. The third-order valence-electron chi connectivity index (χ3n) is 4.55. The number of carbonyl (C=O) groups excluding carboxylic acids is 1. The lowest BCUT2D eigenvalue weighted by Gasteiger charge is -2.14. The van der Waals surface area contributed by atoms with Gasteiger partial charge in [0.25, 0.3) is 0 Å².